The Morgan fingerprint density at radius 3 is 2.58 bits per heavy atom. The van der Waals surface area contributed by atoms with Gasteiger partial charge >= 0.3 is 5.97 Å². The van der Waals surface area contributed by atoms with E-state index in [4.69, 9.17) is 15.6 Å². The van der Waals surface area contributed by atoms with Crippen LogP contribution in [0.3, 0.4) is 0 Å². The molecular formula is C12H16N2O5. The number of carboxylic acids is 1. The van der Waals surface area contributed by atoms with E-state index in [9.17, 15) is 14.9 Å². The average molecular weight is 268 g/mol. The fraction of sp³-hybridized carbons (Fsp3) is 0.417. The van der Waals surface area contributed by atoms with Crippen molar-refractivity contribution in [2.45, 2.75) is 26.4 Å². The largest absolute Gasteiger partial charge is 0.479 e. The minimum Gasteiger partial charge on any atom is -0.479 e. The third kappa shape index (κ3) is 3.65. The number of ether oxygens (including phenoxy) is 1. The summed E-state index contributed by atoms with van der Waals surface area (Å²) in [6.45, 7) is 3.47. The molecule has 0 aromatic heterocycles. The van der Waals surface area contributed by atoms with Crippen molar-refractivity contribution in [1.82, 2.24) is 0 Å². The van der Waals surface area contributed by atoms with E-state index in [0.717, 1.165) is 0 Å². The zero-order chi connectivity index (χ0) is 14.6. The van der Waals surface area contributed by atoms with Crippen molar-refractivity contribution < 1.29 is 19.6 Å². The third-order valence-electron chi connectivity index (χ3n) is 2.66. The van der Waals surface area contributed by atoms with E-state index in [2.05, 4.69) is 0 Å². The zero-order valence-corrected chi connectivity index (χ0v) is 10.8. The monoisotopic (exact) mass is 268 g/mol. The van der Waals surface area contributed by atoms with Gasteiger partial charge in [0.15, 0.2) is 6.10 Å². The smallest absolute Gasteiger partial charge is 0.344 e. The van der Waals surface area contributed by atoms with Crippen LogP contribution in [-0.4, -0.2) is 28.6 Å². The summed E-state index contributed by atoms with van der Waals surface area (Å²) in [7, 11) is 0. The quantitative estimate of drug-likeness (QED) is 0.595. The maximum Gasteiger partial charge on any atom is 0.344 e. The Kier molecular flexibility index (Phi) is 4.82. The molecule has 7 heteroatoms. The molecule has 0 radical (unpaired) electrons. The second-order valence-corrected chi connectivity index (χ2v) is 4.18. The number of carbonyl (C=O) groups is 1. The van der Waals surface area contributed by atoms with Crippen LogP contribution < -0.4 is 10.5 Å². The minimum absolute atomic E-state index is 0.0995. The number of benzene rings is 1. The molecule has 0 aliphatic heterocycles. The summed E-state index contributed by atoms with van der Waals surface area (Å²) < 4.78 is 5.31. The fourth-order valence-electron chi connectivity index (χ4n) is 1.68. The maximum atomic E-state index is 11.0. The molecule has 1 aromatic carbocycles. The second kappa shape index (κ2) is 6.14. The molecule has 1 aromatic rings. The van der Waals surface area contributed by atoms with Crippen molar-refractivity contribution >= 4 is 11.7 Å². The highest BCUT2D eigenvalue weighted by atomic mass is 16.6. The van der Waals surface area contributed by atoms with Crippen molar-refractivity contribution in [2.24, 2.45) is 5.73 Å². The van der Waals surface area contributed by atoms with Gasteiger partial charge in [0.05, 0.1) is 11.0 Å². The molecule has 0 saturated heterocycles. The molecule has 0 spiro atoms. The van der Waals surface area contributed by atoms with Gasteiger partial charge < -0.3 is 15.6 Å². The van der Waals surface area contributed by atoms with Crippen LogP contribution in [0, 0.1) is 24.0 Å². The summed E-state index contributed by atoms with van der Waals surface area (Å²) in [5.74, 6) is -0.953. The van der Waals surface area contributed by atoms with Crippen LogP contribution in [0.4, 0.5) is 5.69 Å². The molecule has 19 heavy (non-hydrogen) atoms. The van der Waals surface area contributed by atoms with Crippen LogP contribution in [0.1, 0.15) is 17.5 Å². The first-order valence-electron chi connectivity index (χ1n) is 5.72. The Morgan fingerprint density at radius 2 is 2.11 bits per heavy atom. The maximum absolute atomic E-state index is 11.0. The first-order valence-corrected chi connectivity index (χ1v) is 5.72. The third-order valence-corrected chi connectivity index (χ3v) is 2.66. The van der Waals surface area contributed by atoms with E-state index in [1.165, 1.54) is 6.07 Å². The Balaban J connectivity index is 3.09. The Hall–Kier alpha value is -2.15. The number of nitro groups is 1. The van der Waals surface area contributed by atoms with Crippen molar-refractivity contribution in [2.75, 3.05) is 6.54 Å². The molecule has 3 N–H and O–H groups in total. The molecule has 1 unspecified atom stereocenters. The summed E-state index contributed by atoms with van der Waals surface area (Å²) in [5, 5.41) is 19.8. The lowest BCUT2D eigenvalue weighted by molar-refractivity contribution is -0.385. The Bertz CT molecular complexity index is 501. The summed E-state index contributed by atoms with van der Waals surface area (Å²) >= 11 is 0. The van der Waals surface area contributed by atoms with Crippen molar-refractivity contribution in [3.8, 4) is 5.75 Å². The SMILES string of the molecule is Cc1cc(C)c([N+](=O)[O-])cc1OC(CCN)C(=O)O. The molecule has 1 atom stereocenters. The van der Waals surface area contributed by atoms with E-state index < -0.39 is 17.0 Å². The van der Waals surface area contributed by atoms with Gasteiger partial charge in [-0.2, -0.15) is 0 Å². The lowest BCUT2D eigenvalue weighted by atomic mass is 10.1. The van der Waals surface area contributed by atoms with E-state index in [-0.39, 0.29) is 24.4 Å². The second-order valence-electron chi connectivity index (χ2n) is 4.18. The van der Waals surface area contributed by atoms with Crippen LogP contribution in [0.15, 0.2) is 12.1 Å². The Labute approximate surface area is 110 Å². The lowest BCUT2D eigenvalue weighted by Gasteiger charge is -2.16. The number of aliphatic carboxylic acids is 1. The number of carboxylic acid groups (broad SMARTS) is 1. The number of nitro benzene ring substituents is 1. The molecule has 0 aliphatic rings. The normalized spacial score (nSPS) is 11.9. The highest BCUT2D eigenvalue weighted by Gasteiger charge is 2.21. The molecule has 0 fully saturated rings. The van der Waals surface area contributed by atoms with Crippen LogP contribution in [0.2, 0.25) is 0 Å². The molecule has 104 valence electrons. The fourth-order valence-corrected chi connectivity index (χ4v) is 1.68. The van der Waals surface area contributed by atoms with Gasteiger partial charge in [-0.25, -0.2) is 4.79 Å². The number of nitrogens with two attached hydrogens (primary N) is 1. The molecule has 1 rings (SSSR count). The minimum atomic E-state index is -1.15. The topological polar surface area (TPSA) is 116 Å². The van der Waals surface area contributed by atoms with Crippen LogP contribution >= 0.6 is 0 Å². The van der Waals surface area contributed by atoms with Gasteiger partial charge in [0.1, 0.15) is 5.75 Å². The number of hydrogen-bond donors (Lipinski definition) is 2. The van der Waals surface area contributed by atoms with Crippen molar-refractivity contribution in [3.05, 3.63) is 33.4 Å². The molecular weight excluding hydrogens is 252 g/mol. The van der Waals surface area contributed by atoms with Crippen LogP contribution in [-0.2, 0) is 4.79 Å². The van der Waals surface area contributed by atoms with E-state index in [1.54, 1.807) is 19.9 Å². The Morgan fingerprint density at radius 1 is 1.47 bits per heavy atom. The van der Waals surface area contributed by atoms with Crippen molar-refractivity contribution in [1.29, 1.82) is 0 Å². The van der Waals surface area contributed by atoms with E-state index in [0.29, 0.717) is 11.1 Å². The van der Waals surface area contributed by atoms with E-state index >= 15 is 0 Å². The molecule has 7 nitrogen and oxygen atoms in total. The van der Waals surface area contributed by atoms with Crippen LogP contribution in [0.25, 0.3) is 0 Å². The van der Waals surface area contributed by atoms with Gasteiger partial charge in [-0.1, -0.05) is 0 Å². The molecule has 0 aliphatic carbocycles. The summed E-state index contributed by atoms with van der Waals surface area (Å²) in [6, 6.07) is 2.84. The number of rotatable bonds is 6. The first-order chi connectivity index (χ1) is 8.86. The molecule has 0 amide bonds. The summed E-state index contributed by atoms with van der Waals surface area (Å²) in [4.78, 5) is 21.3. The zero-order valence-electron chi connectivity index (χ0n) is 10.8. The van der Waals surface area contributed by atoms with Gasteiger partial charge in [0.25, 0.3) is 5.69 Å². The first kappa shape index (κ1) is 14.9. The highest BCUT2D eigenvalue weighted by Crippen LogP contribution is 2.29. The molecule has 0 saturated carbocycles. The highest BCUT2D eigenvalue weighted by molar-refractivity contribution is 5.73. The van der Waals surface area contributed by atoms with Gasteiger partial charge in [-0.15, -0.1) is 0 Å². The molecule has 0 heterocycles. The standard InChI is InChI=1S/C12H16N2O5/c1-7-5-8(2)11(6-9(7)14(17)18)19-10(3-4-13)12(15)16/h5-6,10H,3-4,13H2,1-2H3,(H,15,16). The summed E-state index contributed by atoms with van der Waals surface area (Å²) in [5.41, 5.74) is 6.36. The van der Waals surface area contributed by atoms with Gasteiger partial charge in [-0.05, 0) is 32.0 Å². The van der Waals surface area contributed by atoms with Gasteiger partial charge in [-0.3, -0.25) is 10.1 Å². The number of nitrogens with zero attached hydrogens (tertiary/aromatic N) is 1. The summed E-state index contributed by atoms with van der Waals surface area (Å²) in [6.07, 6.45) is -0.970. The molecule has 0 bridgehead atoms. The van der Waals surface area contributed by atoms with E-state index in [1.807, 2.05) is 0 Å². The number of aryl methyl sites for hydroxylation is 2. The predicted molar refractivity (Wildman–Crippen MR) is 68.3 cm³/mol. The number of hydrogen-bond acceptors (Lipinski definition) is 5. The lowest BCUT2D eigenvalue weighted by Crippen LogP contribution is -2.29. The predicted octanol–water partition coefficient (Wildman–Crippen LogP) is 1.39. The van der Waals surface area contributed by atoms with Crippen LogP contribution in [0.5, 0.6) is 5.75 Å². The van der Waals surface area contributed by atoms with Crippen molar-refractivity contribution in [3.63, 3.8) is 0 Å². The van der Waals surface area contributed by atoms with Gasteiger partial charge in [0.2, 0.25) is 0 Å². The van der Waals surface area contributed by atoms with Gasteiger partial charge in [0, 0.05) is 12.0 Å². The average Bonchev–Trinajstić information content (AvgIpc) is 2.30.